The minimum atomic E-state index is -0.230. The van der Waals surface area contributed by atoms with Crippen LogP contribution in [0.1, 0.15) is 19.0 Å². The lowest BCUT2D eigenvalue weighted by molar-refractivity contribution is -0.145. The van der Waals surface area contributed by atoms with E-state index in [2.05, 4.69) is 10.4 Å². The lowest BCUT2D eigenvalue weighted by Crippen LogP contribution is -2.36. The lowest BCUT2D eigenvalue weighted by atomic mass is 10.2. The highest BCUT2D eigenvalue weighted by Gasteiger charge is 2.17. The Bertz CT molecular complexity index is 393. The molecule has 1 aromatic rings. The molecule has 0 saturated heterocycles. The number of nitrogens with zero attached hydrogens (tertiary/aromatic N) is 2. The van der Waals surface area contributed by atoms with Crippen LogP contribution in [0.3, 0.4) is 0 Å². The minimum Gasteiger partial charge on any atom is -0.465 e. The van der Waals surface area contributed by atoms with Crippen LogP contribution in [0.4, 0.5) is 0 Å². The molecule has 1 atom stereocenters. The van der Waals surface area contributed by atoms with Crippen LogP contribution in [0.25, 0.3) is 0 Å². The fourth-order valence-corrected chi connectivity index (χ4v) is 2.67. The maximum absolute atomic E-state index is 11.6. The van der Waals surface area contributed by atoms with Crippen LogP contribution in [-0.4, -0.2) is 41.2 Å². The Morgan fingerprint density at radius 2 is 2.39 bits per heavy atom. The largest absolute Gasteiger partial charge is 0.465 e. The average Bonchev–Trinajstić information content (AvgIpc) is 2.63. The number of thioether (sulfide) groups is 1. The molecule has 102 valence electrons. The molecular weight excluding hydrogens is 250 g/mol. The number of carbonyl (C=O) groups excluding carboxylic acids is 1. The fraction of sp³-hybridized carbons (Fsp3) is 0.667. The first-order valence-corrected chi connectivity index (χ1v) is 7.04. The second-order valence-corrected chi connectivity index (χ2v) is 5.09. The number of rotatable bonds is 7. The van der Waals surface area contributed by atoms with E-state index in [9.17, 15) is 4.79 Å². The molecule has 0 bridgehead atoms. The predicted molar refractivity (Wildman–Crippen MR) is 72.8 cm³/mol. The van der Waals surface area contributed by atoms with Crippen molar-refractivity contribution < 1.29 is 9.53 Å². The molecule has 0 fully saturated rings. The average molecular weight is 271 g/mol. The zero-order valence-corrected chi connectivity index (χ0v) is 12.2. The summed E-state index contributed by atoms with van der Waals surface area (Å²) >= 11 is 1.70. The number of likely N-dealkylation sites (N-methyl/N-ethyl adjacent to an activating group) is 1. The van der Waals surface area contributed by atoms with E-state index in [4.69, 9.17) is 4.74 Å². The van der Waals surface area contributed by atoms with Gasteiger partial charge in [-0.2, -0.15) is 5.10 Å². The third-order valence-corrected chi connectivity index (χ3v) is 3.65. The SMILES string of the molecule is CCOC(=O)C(CCSc1cc(C)nn1C)NC. The third kappa shape index (κ3) is 4.34. The van der Waals surface area contributed by atoms with Crippen LogP contribution in [0.2, 0.25) is 0 Å². The Hall–Kier alpha value is -1.01. The van der Waals surface area contributed by atoms with E-state index < -0.39 is 0 Å². The second kappa shape index (κ2) is 7.43. The van der Waals surface area contributed by atoms with Gasteiger partial charge < -0.3 is 10.1 Å². The van der Waals surface area contributed by atoms with E-state index in [1.54, 1.807) is 18.8 Å². The van der Waals surface area contributed by atoms with Gasteiger partial charge >= 0.3 is 5.97 Å². The summed E-state index contributed by atoms with van der Waals surface area (Å²) in [5, 5.41) is 8.38. The van der Waals surface area contributed by atoms with E-state index in [0.29, 0.717) is 6.61 Å². The monoisotopic (exact) mass is 271 g/mol. The fourth-order valence-electron chi connectivity index (χ4n) is 1.63. The molecule has 0 spiro atoms. The minimum absolute atomic E-state index is 0.179. The van der Waals surface area contributed by atoms with Gasteiger partial charge in [-0.3, -0.25) is 9.48 Å². The number of aromatic nitrogens is 2. The third-order valence-electron chi connectivity index (χ3n) is 2.54. The topological polar surface area (TPSA) is 56.1 Å². The van der Waals surface area contributed by atoms with E-state index in [0.717, 1.165) is 22.9 Å². The molecule has 5 nitrogen and oxygen atoms in total. The molecule has 1 N–H and O–H groups in total. The Kier molecular flexibility index (Phi) is 6.21. The van der Waals surface area contributed by atoms with Crippen molar-refractivity contribution in [1.29, 1.82) is 0 Å². The zero-order chi connectivity index (χ0) is 13.5. The number of hydrogen-bond donors (Lipinski definition) is 1. The normalized spacial score (nSPS) is 12.4. The molecule has 1 heterocycles. The molecule has 0 aromatic carbocycles. The molecule has 0 aliphatic heterocycles. The number of aryl methyl sites for hydroxylation is 2. The summed E-state index contributed by atoms with van der Waals surface area (Å²) in [6, 6.07) is 1.82. The number of hydrogen-bond acceptors (Lipinski definition) is 5. The first-order chi connectivity index (χ1) is 8.58. The summed E-state index contributed by atoms with van der Waals surface area (Å²) in [4.78, 5) is 11.6. The summed E-state index contributed by atoms with van der Waals surface area (Å²) in [5.41, 5.74) is 1.01. The Morgan fingerprint density at radius 1 is 1.67 bits per heavy atom. The summed E-state index contributed by atoms with van der Waals surface area (Å²) in [6.45, 7) is 4.21. The quantitative estimate of drug-likeness (QED) is 0.599. The number of ether oxygens (including phenoxy) is 1. The van der Waals surface area contributed by atoms with Crippen LogP contribution in [0.15, 0.2) is 11.1 Å². The van der Waals surface area contributed by atoms with Gasteiger partial charge in [-0.1, -0.05) is 0 Å². The number of esters is 1. The molecule has 18 heavy (non-hydrogen) atoms. The van der Waals surface area contributed by atoms with Crippen molar-refractivity contribution in [2.45, 2.75) is 31.3 Å². The van der Waals surface area contributed by atoms with Gasteiger partial charge in [0.25, 0.3) is 0 Å². The molecule has 1 rings (SSSR count). The molecule has 0 aliphatic carbocycles. The Labute approximate surface area is 112 Å². The van der Waals surface area contributed by atoms with Gasteiger partial charge in [0.2, 0.25) is 0 Å². The van der Waals surface area contributed by atoms with Gasteiger partial charge in [0.15, 0.2) is 0 Å². The Balaban J connectivity index is 2.40. The van der Waals surface area contributed by atoms with Crippen LogP contribution >= 0.6 is 11.8 Å². The van der Waals surface area contributed by atoms with Crippen molar-refractivity contribution in [3.63, 3.8) is 0 Å². The van der Waals surface area contributed by atoms with Gasteiger partial charge in [0.1, 0.15) is 6.04 Å². The summed E-state index contributed by atoms with van der Waals surface area (Å²) in [7, 11) is 3.71. The molecule has 0 saturated carbocycles. The highest BCUT2D eigenvalue weighted by molar-refractivity contribution is 7.99. The van der Waals surface area contributed by atoms with Gasteiger partial charge in [-0.05, 0) is 33.4 Å². The van der Waals surface area contributed by atoms with Crippen LogP contribution in [0.5, 0.6) is 0 Å². The van der Waals surface area contributed by atoms with Crippen molar-refractivity contribution >= 4 is 17.7 Å². The van der Waals surface area contributed by atoms with Crippen molar-refractivity contribution in [2.24, 2.45) is 7.05 Å². The number of carbonyl (C=O) groups is 1. The molecule has 6 heteroatoms. The van der Waals surface area contributed by atoms with Gasteiger partial charge in [0, 0.05) is 12.8 Å². The van der Waals surface area contributed by atoms with Crippen molar-refractivity contribution in [3.8, 4) is 0 Å². The van der Waals surface area contributed by atoms with Crippen LogP contribution < -0.4 is 5.32 Å². The van der Waals surface area contributed by atoms with Crippen molar-refractivity contribution in [1.82, 2.24) is 15.1 Å². The number of nitrogens with one attached hydrogen (secondary N) is 1. The molecule has 1 aromatic heterocycles. The highest BCUT2D eigenvalue weighted by atomic mass is 32.2. The molecule has 0 aliphatic rings. The van der Waals surface area contributed by atoms with Gasteiger partial charge in [-0.25, -0.2) is 0 Å². The van der Waals surface area contributed by atoms with Crippen molar-refractivity contribution in [3.05, 3.63) is 11.8 Å². The van der Waals surface area contributed by atoms with E-state index in [1.807, 2.05) is 31.6 Å². The molecule has 0 radical (unpaired) electrons. The molecule has 0 amide bonds. The standard InChI is InChI=1S/C12H21N3O2S/c1-5-17-12(16)10(13-3)6-7-18-11-8-9(2)14-15(11)4/h8,10,13H,5-7H2,1-4H3. The summed E-state index contributed by atoms with van der Waals surface area (Å²) < 4.78 is 6.86. The summed E-state index contributed by atoms with van der Waals surface area (Å²) in [5.74, 6) is 0.672. The maximum Gasteiger partial charge on any atom is 0.323 e. The van der Waals surface area contributed by atoms with E-state index in [1.165, 1.54) is 0 Å². The predicted octanol–water partition coefficient (Wildman–Crippen LogP) is 1.36. The van der Waals surface area contributed by atoms with Gasteiger partial charge in [-0.15, -0.1) is 11.8 Å². The van der Waals surface area contributed by atoms with E-state index in [-0.39, 0.29) is 12.0 Å². The maximum atomic E-state index is 11.6. The van der Waals surface area contributed by atoms with Crippen LogP contribution in [-0.2, 0) is 16.6 Å². The molecular formula is C12H21N3O2S. The summed E-state index contributed by atoms with van der Waals surface area (Å²) in [6.07, 6.45) is 0.740. The van der Waals surface area contributed by atoms with Crippen LogP contribution in [0, 0.1) is 6.92 Å². The lowest BCUT2D eigenvalue weighted by Gasteiger charge is -2.14. The first kappa shape index (κ1) is 15.0. The Morgan fingerprint density at radius 3 is 2.89 bits per heavy atom. The zero-order valence-electron chi connectivity index (χ0n) is 11.4. The second-order valence-electron chi connectivity index (χ2n) is 3.98. The van der Waals surface area contributed by atoms with Crippen molar-refractivity contribution in [2.75, 3.05) is 19.4 Å². The first-order valence-electron chi connectivity index (χ1n) is 6.05. The van der Waals surface area contributed by atoms with E-state index >= 15 is 0 Å². The highest BCUT2D eigenvalue weighted by Crippen LogP contribution is 2.19. The molecule has 1 unspecified atom stereocenters. The van der Waals surface area contributed by atoms with Gasteiger partial charge in [0.05, 0.1) is 17.3 Å². The smallest absolute Gasteiger partial charge is 0.323 e.